The van der Waals surface area contributed by atoms with Gasteiger partial charge >= 0.3 is 21.7 Å². The molecule has 2 heteroatoms. The molecule has 0 radical (unpaired) electrons. The van der Waals surface area contributed by atoms with Crippen molar-refractivity contribution in [3.8, 4) is 0 Å². The SMILES string of the molecule is Cc1c[c-](C)c(C)c1C.[NH-]C1CCCCCC1.[Ti+2]. The van der Waals surface area contributed by atoms with Crippen LogP contribution in [-0.2, 0) is 21.7 Å². The number of rotatable bonds is 0. The van der Waals surface area contributed by atoms with Gasteiger partial charge in [-0.15, -0.1) is 6.04 Å². The Balaban J connectivity index is 0.000000306. The molecule has 1 aliphatic rings. The average Bonchev–Trinajstić information content (AvgIpc) is 2.54. The second-order valence-corrected chi connectivity index (χ2v) is 5.45. The van der Waals surface area contributed by atoms with Crippen LogP contribution in [0.1, 0.15) is 60.8 Å². The Morgan fingerprint density at radius 3 is 1.83 bits per heavy atom. The Morgan fingerprint density at radius 1 is 1.06 bits per heavy atom. The van der Waals surface area contributed by atoms with E-state index < -0.39 is 0 Å². The van der Waals surface area contributed by atoms with Crippen LogP contribution in [0.2, 0.25) is 0 Å². The quantitative estimate of drug-likeness (QED) is 0.345. The molecule has 0 aromatic heterocycles. The third-order valence-electron chi connectivity index (χ3n) is 4.03. The molecule has 1 aromatic rings. The zero-order valence-electron chi connectivity index (χ0n) is 12.4. The van der Waals surface area contributed by atoms with E-state index in [1.54, 1.807) is 0 Å². The van der Waals surface area contributed by atoms with Gasteiger partial charge in [-0.2, -0.15) is 28.3 Å². The third-order valence-corrected chi connectivity index (χ3v) is 4.03. The molecule has 0 amide bonds. The normalized spacial score (nSPS) is 16.3. The zero-order valence-corrected chi connectivity index (χ0v) is 14.0. The summed E-state index contributed by atoms with van der Waals surface area (Å²) < 4.78 is 0. The Bertz CT molecular complexity index is 311. The van der Waals surface area contributed by atoms with Crippen LogP contribution >= 0.6 is 0 Å². The number of hydrogen-bond acceptors (Lipinski definition) is 0. The van der Waals surface area contributed by atoms with Gasteiger partial charge in [-0.05, 0) is 0 Å². The van der Waals surface area contributed by atoms with Gasteiger partial charge in [0.1, 0.15) is 0 Å². The van der Waals surface area contributed by atoms with E-state index in [4.69, 9.17) is 5.73 Å². The van der Waals surface area contributed by atoms with E-state index in [9.17, 15) is 0 Å². The minimum atomic E-state index is 0. The van der Waals surface area contributed by atoms with Gasteiger partial charge in [-0.25, -0.2) is 0 Å². The van der Waals surface area contributed by atoms with Gasteiger partial charge in [0.25, 0.3) is 0 Å². The molecule has 0 atom stereocenters. The fourth-order valence-corrected chi connectivity index (χ4v) is 2.41. The van der Waals surface area contributed by atoms with Crippen LogP contribution in [0, 0.1) is 27.7 Å². The molecule has 18 heavy (non-hydrogen) atoms. The molecule has 1 fully saturated rings. The molecular formula is C16H27NTi. The van der Waals surface area contributed by atoms with E-state index in [0.29, 0.717) is 0 Å². The van der Waals surface area contributed by atoms with Gasteiger partial charge < -0.3 is 5.73 Å². The van der Waals surface area contributed by atoms with E-state index in [1.807, 2.05) is 0 Å². The minimum Gasteiger partial charge on any atom is -0.675 e. The molecular weight excluding hydrogens is 254 g/mol. The minimum absolute atomic E-state index is 0. The zero-order chi connectivity index (χ0) is 12.8. The summed E-state index contributed by atoms with van der Waals surface area (Å²) in [6.07, 6.45) is 7.65. The van der Waals surface area contributed by atoms with Crippen molar-refractivity contribution in [2.75, 3.05) is 0 Å². The number of nitrogens with one attached hydrogen (secondary N) is 1. The summed E-state index contributed by atoms with van der Waals surface area (Å²) in [6.45, 7) is 8.68. The van der Waals surface area contributed by atoms with Crippen molar-refractivity contribution in [1.29, 1.82) is 0 Å². The predicted molar refractivity (Wildman–Crippen MR) is 76.8 cm³/mol. The van der Waals surface area contributed by atoms with Crippen LogP contribution in [0.5, 0.6) is 0 Å². The number of hydrogen-bond donors (Lipinski definition) is 0. The molecule has 100 valence electrons. The molecule has 0 saturated heterocycles. The number of aryl methyl sites for hydroxylation is 2. The third kappa shape index (κ3) is 5.78. The van der Waals surface area contributed by atoms with Crippen molar-refractivity contribution in [3.05, 3.63) is 34.1 Å². The van der Waals surface area contributed by atoms with Crippen molar-refractivity contribution in [2.45, 2.75) is 72.3 Å². The summed E-state index contributed by atoms with van der Waals surface area (Å²) >= 11 is 0. The van der Waals surface area contributed by atoms with Crippen molar-refractivity contribution >= 4 is 0 Å². The summed E-state index contributed by atoms with van der Waals surface area (Å²) in [5, 5.41) is 0. The van der Waals surface area contributed by atoms with E-state index >= 15 is 0 Å². The summed E-state index contributed by atoms with van der Waals surface area (Å²) in [6, 6.07) is 2.52. The molecule has 0 spiro atoms. The first-order valence-corrected chi connectivity index (χ1v) is 6.93. The summed E-state index contributed by atoms with van der Waals surface area (Å²) in [5.41, 5.74) is 13.2. The average molecular weight is 281 g/mol. The van der Waals surface area contributed by atoms with E-state index in [2.05, 4.69) is 33.8 Å². The van der Waals surface area contributed by atoms with Gasteiger partial charge in [0.15, 0.2) is 0 Å². The smallest absolute Gasteiger partial charge is 0.675 e. The topological polar surface area (TPSA) is 23.8 Å². The van der Waals surface area contributed by atoms with E-state index in [-0.39, 0.29) is 27.8 Å². The van der Waals surface area contributed by atoms with Gasteiger partial charge in [-0.3, -0.25) is 0 Å². The second kappa shape index (κ2) is 9.01. The Kier molecular flexibility index (Phi) is 9.02. The summed E-state index contributed by atoms with van der Waals surface area (Å²) in [7, 11) is 0. The fourth-order valence-electron chi connectivity index (χ4n) is 2.41. The van der Waals surface area contributed by atoms with Crippen LogP contribution in [-0.4, -0.2) is 6.04 Å². The Hall–Kier alpha value is 0.0243. The van der Waals surface area contributed by atoms with Gasteiger partial charge in [0, 0.05) is 0 Å². The molecule has 1 aromatic carbocycles. The summed E-state index contributed by atoms with van der Waals surface area (Å²) in [4.78, 5) is 0. The molecule has 2 rings (SSSR count). The monoisotopic (exact) mass is 281 g/mol. The molecule has 0 unspecified atom stereocenters. The Morgan fingerprint density at radius 2 is 1.56 bits per heavy atom. The van der Waals surface area contributed by atoms with Gasteiger partial charge in [-0.1, -0.05) is 66.2 Å². The molecule has 1 aliphatic carbocycles. The molecule has 0 aliphatic heterocycles. The first-order chi connectivity index (χ1) is 8.02. The maximum Gasteiger partial charge on any atom is 2.00 e. The first kappa shape index (κ1) is 18.0. The molecule has 1 nitrogen and oxygen atoms in total. The maximum absolute atomic E-state index is 7.41. The second-order valence-electron chi connectivity index (χ2n) is 5.45. The molecule has 0 bridgehead atoms. The van der Waals surface area contributed by atoms with Crippen LogP contribution in [0.4, 0.5) is 0 Å². The van der Waals surface area contributed by atoms with Crippen LogP contribution in [0.15, 0.2) is 6.07 Å². The molecule has 0 heterocycles. The van der Waals surface area contributed by atoms with Crippen LogP contribution in [0.25, 0.3) is 5.73 Å². The van der Waals surface area contributed by atoms with Crippen molar-refractivity contribution < 1.29 is 21.7 Å². The molecule has 1 saturated carbocycles. The van der Waals surface area contributed by atoms with E-state index in [1.165, 1.54) is 47.9 Å². The van der Waals surface area contributed by atoms with Crippen molar-refractivity contribution in [3.63, 3.8) is 0 Å². The standard InChI is InChI=1S/C9H13.C7H14N.Ti/c1-6-5-7(2)9(4)8(6)3;8-7-5-3-1-2-4-6-7;/h5H,1-4H3;7-8H,1-6H2;/q2*-1;+2. The van der Waals surface area contributed by atoms with Crippen LogP contribution < -0.4 is 0 Å². The largest absolute Gasteiger partial charge is 2.00 e. The maximum atomic E-state index is 7.41. The van der Waals surface area contributed by atoms with Gasteiger partial charge in [0.2, 0.25) is 0 Å². The summed E-state index contributed by atoms with van der Waals surface area (Å²) in [5.74, 6) is 0. The van der Waals surface area contributed by atoms with Gasteiger partial charge in [0.05, 0.1) is 0 Å². The Labute approximate surface area is 128 Å². The predicted octanol–water partition coefficient (Wildman–Crippen LogP) is 5.40. The fraction of sp³-hybridized carbons (Fsp3) is 0.688. The van der Waals surface area contributed by atoms with E-state index in [0.717, 1.165) is 12.8 Å². The van der Waals surface area contributed by atoms with Crippen LogP contribution in [0.3, 0.4) is 0 Å². The van der Waals surface area contributed by atoms with Crippen molar-refractivity contribution in [2.24, 2.45) is 0 Å². The first-order valence-electron chi connectivity index (χ1n) is 6.93. The van der Waals surface area contributed by atoms with Crippen molar-refractivity contribution in [1.82, 2.24) is 0 Å². The molecule has 1 N–H and O–H groups in total.